The number of nitrogens with one attached hydrogen (secondary N) is 1. The summed E-state index contributed by atoms with van der Waals surface area (Å²) in [5.41, 5.74) is 1.86. The molecule has 1 fully saturated rings. The van der Waals surface area contributed by atoms with E-state index in [0.717, 1.165) is 42.8 Å². The highest BCUT2D eigenvalue weighted by molar-refractivity contribution is 7.16. The van der Waals surface area contributed by atoms with Crippen molar-refractivity contribution in [2.75, 3.05) is 29.9 Å². The van der Waals surface area contributed by atoms with Gasteiger partial charge in [-0.1, -0.05) is 0 Å². The summed E-state index contributed by atoms with van der Waals surface area (Å²) in [4.78, 5) is 40.4. The fourth-order valence-corrected chi connectivity index (χ4v) is 5.48. The van der Waals surface area contributed by atoms with E-state index in [9.17, 15) is 25.0 Å². The van der Waals surface area contributed by atoms with E-state index in [-0.39, 0.29) is 17.2 Å². The van der Waals surface area contributed by atoms with Crippen molar-refractivity contribution in [1.29, 1.82) is 5.26 Å². The van der Waals surface area contributed by atoms with Crippen LogP contribution in [0.5, 0.6) is 0 Å². The zero-order valence-corrected chi connectivity index (χ0v) is 18.5. The third-order valence-corrected chi connectivity index (χ3v) is 7.10. The molecule has 0 radical (unpaired) electrons. The summed E-state index contributed by atoms with van der Waals surface area (Å²) < 4.78 is 0. The van der Waals surface area contributed by atoms with Crippen LogP contribution in [0.3, 0.4) is 0 Å². The monoisotopic (exact) mass is 453 g/mol. The smallest absolute Gasteiger partial charge is 0.293 e. The minimum absolute atomic E-state index is 0.0331. The van der Waals surface area contributed by atoms with Crippen LogP contribution >= 0.6 is 11.3 Å². The maximum Gasteiger partial charge on any atom is 0.293 e. The van der Waals surface area contributed by atoms with Crippen LogP contribution in [0.1, 0.15) is 52.5 Å². The number of hydrogen-bond donors (Lipinski definition) is 1. The van der Waals surface area contributed by atoms with E-state index in [1.165, 1.54) is 24.3 Å². The van der Waals surface area contributed by atoms with Gasteiger partial charge in [-0.05, 0) is 43.4 Å². The summed E-state index contributed by atoms with van der Waals surface area (Å²) in [5.74, 6) is -0.536. The van der Waals surface area contributed by atoms with Crippen molar-refractivity contribution in [3.63, 3.8) is 0 Å². The molecule has 1 N–H and O–H groups in total. The topological polar surface area (TPSA) is 120 Å². The minimum atomic E-state index is -0.503. The van der Waals surface area contributed by atoms with Gasteiger partial charge < -0.3 is 15.1 Å². The normalized spacial score (nSPS) is 15.6. The first kappa shape index (κ1) is 21.8. The highest BCUT2D eigenvalue weighted by Crippen LogP contribution is 2.37. The van der Waals surface area contributed by atoms with Crippen molar-refractivity contribution < 1.29 is 14.5 Å². The van der Waals surface area contributed by atoms with Gasteiger partial charge >= 0.3 is 0 Å². The van der Waals surface area contributed by atoms with Crippen molar-refractivity contribution in [2.45, 2.75) is 39.2 Å². The third-order valence-electron chi connectivity index (χ3n) is 5.97. The van der Waals surface area contributed by atoms with Gasteiger partial charge in [0.25, 0.3) is 11.6 Å². The van der Waals surface area contributed by atoms with Gasteiger partial charge in [0.2, 0.25) is 5.91 Å². The molecule has 166 valence electrons. The van der Waals surface area contributed by atoms with Gasteiger partial charge in [0.05, 0.1) is 17.0 Å². The van der Waals surface area contributed by atoms with E-state index in [1.54, 1.807) is 17.0 Å². The number of benzene rings is 1. The van der Waals surface area contributed by atoms with Gasteiger partial charge in [0.1, 0.15) is 16.8 Å². The van der Waals surface area contributed by atoms with Crippen LogP contribution in [0.4, 0.5) is 16.4 Å². The number of carbonyl (C=O) groups excluding carboxylic acids is 2. The van der Waals surface area contributed by atoms with E-state index < -0.39 is 10.8 Å². The van der Waals surface area contributed by atoms with Gasteiger partial charge in [0.15, 0.2) is 0 Å². The Bertz CT molecular complexity index is 1130. The highest BCUT2D eigenvalue weighted by Gasteiger charge is 2.27. The lowest BCUT2D eigenvalue weighted by atomic mass is 10.0. The first-order valence-corrected chi connectivity index (χ1v) is 11.4. The molecule has 2 aliphatic rings. The molecular formula is C22H23N5O4S. The Morgan fingerprint density at radius 2 is 1.97 bits per heavy atom. The Kier molecular flexibility index (Phi) is 6.10. The standard InChI is InChI=1S/C22H23N5O4S/c1-14(28)26-10-7-16-17(12-23)22(32-20(16)13-26)24-21(29)15-5-6-18(19(11-15)27(30)31)25-8-3-2-4-9-25/h5-6,11H,2-4,7-10,13H2,1H3,(H,24,29). The molecule has 1 aromatic heterocycles. The van der Waals surface area contributed by atoms with Crippen LogP contribution in [-0.2, 0) is 17.8 Å². The molecule has 2 aromatic rings. The summed E-state index contributed by atoms with van der Waals surface area (Å²) in [6, 6.07) is 6.68. The van der Waals surface area contributed by atoms with Gasteiger partial charge in [-0.2, -0.15) is 5.26 Å². The second kappa shape index (κ2) is 8.96. The maximum absolute atomic E-state index is 12.9. The highest BCUT2D eigenvalue weighted by atomic mass is 32.1. The molecule has 2 amide bonds. The predicted octanol–water partition coefficient (Wildman–Crippen LogP) is 3.68. The van der Waals surface area contributed by atoms with Crippen molar-refractivity contribution >= 4 is 39.5 Å². The molecule has 0 bridgehead atoms. The molecule has 0 spiro atoms. The van der Waals surface area contributed by atoms with Crippen LogP contribution < -0.4 is 10.2 Å². The molecule has 1 saturated heterocycles. The number of amides is 2. The molecule has 0 saturated carbocycles. The molecule has 1 aromatic carbocycles. The van der Waals surface area contributed by atoms with E-state index in [1.807, 2.05) is 4.90 Å². The number of hydrogen-bond acceptors (Lipinski definition) is 7. The van der Waals surface area contributed by atoms with Gasteiger partial charge in [-0.25, -0.2) is 0 Å². The number of nitrogens with zero attached hydrogens (tertiary/aromatic N) is 4. The second-order valence-corrected chi connectivity index (χ2v) is 9.08. The molecule has 0 atom stereocenters. The summed E-state index contributed by atoms with van der Waals surface area (Å²) >= 11 is 1.28. The summed E-state index contributed by atoms with van der Waals surface area (Å²) in [7, 11) is 0. The van der Waals surface area contributed by atoms with Crippen LogP contribution in [0.2, 0.25) is 0 Å². The first-order chi connectivity index (χ1) is 15.4. The molecule has 9 nitrogen and oxygen atoms in total. The average Bonchev–Trinajstić information content (AvgIpc) is 3.15. The Morgan fingerprint density at radius 3 is 2.62 bits per heavy atom. The molecule has 0 unspecified atom stereocenters. The Hall–Kier alpha value is -3.45. The van der Waals surface area contributed by atoms with Crippen molar-refractivity contribution in [1.82, 2.24) is 4.90 Å². The Morgan fingerprint density at radius 1 is 1.22 bits per heavy atom. The average molecular weight is 454 g/mol. The van der Waals surface area contributed by atoms with Crippen molar-refractivity contribution in [3.8, 4) is 6.07 Å². The van der Waals surface area contributed by atoms with Crippen LogP contribution in [-0.4, -0.2) is 41.3 Å². The van der Waals surface area contributed by atoms with Crippen LogP contribution in [0.25, 0.3) is 0 Å². The molecule has 4 rings (SSSR count). The van der Waals surface area contributed by atoms with Crippen LogP contribution in [0, 0.1) is 21.4 Å². The number of thiophene rings is 1. The van der Waals surface area contributed by atoms with Gasteiger partial charge in [0, 0.05) is 43.1 Å². The maximum atomic E-state index is 12.9. The lowest BCUT2D eigenvalue weighted by Gasteiger charge is -2.28. The number of fused-ring (bicyclic) bond motifs is 1. The quantitative estimate of drug-likeness (QED) is 0.557. The molecular weight excluding hydrogens is 430 g/mol. The molecule has 3 heterocycles. The number of nitro groups is 1. The number of anilines is 2. The zero-order valence-electron chi connectivity index (χ0n) is 17.7. The van der Waals surface area contributed by atoms with Crippen molar-refractivity contribution in [3.05, 3.63) is 49.9 Å². The summed E-state index contributed by atoms with van der Waals surface area (Å²) in [6.07, 6.45) is 3.64. The molecule has 10 heteroatoms. The first-order valence-electron chi connectivity index (χ1n) is 10.5. The number of piperidine rings is 1. The van der Waals surface area contributed by atoms with Gasteiger partial charge in [-0.3, -0.25) is 19.7 Å². The largest absolute Gasteiger partial charge is 0.366 e. The van der Waals surface area contributed by atoms with E-state index in [0.29, 0.717) is 35.8 Å². The Balaban J connectivity index is 1.59. The fraction of sp³-hybridized carbons (Fsp3) is 0.409. The lowest BCUT2D eigenvalue weighted by molar-refractivity contribution is -0.384. The van der Waals surface area contributed by atoms with E-state index in [2.05, 4.69) is 11.4 Å². The van der Waals surface area contributed by atoms with E-state index >= 15 is 0 Å². The molecule has 32 heavy (non-hydrogen) atoms. The van der Waals surface area contributed by atoms with Crippen molar-refractivity contribution in [2.24, 2.45) is 0 Å². The number of rotatable bonds is 4. The third kappa shape index (κ3) is 4.16. The SMILES string of the molecule is CC(=O)N1CCc2c(sc(NC(=O)c3ccc(N4CCCCC4)c([N+](=O)[O-])c3)c2C#N)C1. The second-order valence-electron chi connectivity index (χ2n) is 7.97. The lowest BCUT2D eigenvalue weighted by Crippen LogP contribution is -2.33. The summed E-state index contributed by atoms with van der Waals surface area (Å²) in [5, 5.41) is 24.5. The minimum Gasteiger partial charge on any atom is -0.366 e. The molecule has 2 aliphatic heterocycles. The number of nitro benzene ring substituents is 1. The Labute approximate surface area is 189 Å². The number of carbonyl (C=O) groups is 2. The molecule has 0 aliphatic carbocycles. The predicted molar refractivity (Wildman–Crippen MR) is 121 cm³/mol. The fourth-order valence-electron chi connectivity index (χ4n) is 4.27. The van der Waals surface area contributed by atoms with Crippen LogP contribution in [0.15, 0.2) is 18.2 Å². The number of nitriles is 1. The zero-order chi connectivity index (χ0) is 22.8. The summed E-state index contributed by atoms with van der Waals surface area (Å²) in [6.45, 7) is 3.97. The van der Waals surface area contributed by atoms with Gasteiger partial charge in [-0.15, -0.1) is 11.3 Å². The van der Waals surface area contributed by atoms with E-state index in [4.69, 9.17) is 0 Å².